The van der Waals surface area contributed by atoms with Crippen molar-refractivity contribution in [1.29, 1.82) is 0 Å². The molecule has 0 fully saturated rings. The molecule has 1 aromatic carbocycles. The lowest BCUT2D eigenvalue weighted by Crippen LogP contribution is -2.20. The minimum absolute atomic E-state index is 0.534. The first kappa shape index (κ1) is 14.4. The number of benzene rings is 1. The maximum absolute atomic E-state index is 11.1. The van der Waals surface area contributed by atoms with Crippen LogP contribution >= 0.6 is 0 Å². The molecule has 0 heterocycles. The molecule has 0 unspecified atom stereocenters. The van der Waals surface area contributed by atoms with Gasteiger partial charge in [0.15, 0.2) is 0 Å². The van der Waals surface area contributed by atoms with E-state index in [-0.39, 0.29) is 0 Å². The topological polar surface area (TPSA) is 184 Å². The average molecular weight is 295 g/mol. The first-order valence-electron chi connectivity index (χ1n) is 4.17. The minimum atomic E-state index is -4.45. The molecular formula is C7H9N3O6S2. The van der Waals surface area contributed by atoms with E-state index in [9.17, 15) is 26.7 Å². The van der Waals surface area contributed by atoms with Crippen LogP contribution in [0, 0.1) is 0 Å². The second kappa shape index (κ2) is 4.20. The number of phenols is 1. The summed E-state index contributed by atoms with van der Waals surface area (Å²) in [5.74, 6) is -2.26. The summed E-state index contributed by atoms with van der Waals surface area (Å²) in [5.41, 5.74) is 4.15. The predicted molar refractivity (Wildman–Crippen MR) is 59.4 cm³/mol. The molecule has 0 saturated carbocycles. The maximum Gasteiger partial charge on any atom is 0.252 e. The zero-order valence-corrected chi connectivity index (χ0v) is 10.3. The summed E-state index contributed by atoms with van der Waals surface area (Å²) >= 11 is 0. The molecule has 0 aliphatic rings. The van der Waals surface area contributed by atoms with E-state index in [1.165, 1.54) is 0 Å². The molecule has 11 heteroatoms. The third kappa shape index (κ3) is 2.76. The number of aromatic hydroxyl groups is 1. The van der Waals surface area contributed by atoms with Crippen LogP contribution in [0.5, 0.6) is 5.75 Å². The second-order valence-electron chi connectivity index (χ2n) is 3.27. The Morgan fingerprint density at radius 1 is 1.06 bits per heavy atom. The van der Waals surface area contributed by atoms with Gasteiger partial charge in [0, 0.05) is 0 Å². The fourth-order valence-electron chi connectivity index (χ4n) is 1.15. The largest absolute Gasteiger partial charge is 0.506 e. The standard InChI is InChI=1S/C7H9N3O6S2/c8-7(12)4-1-3(17(9,13)14)2-5(6(4)11)18(10,15)16/h1-2,11H,(H2,8,12)(H2,9,13,14)(H2,10,15,16). The van der Waals surface area contributed by atoms with Crippen molar-refractivity contribution in [2.45, 2.75) is 9.79 Å². The van der Waals surface area contributed by atoms with E-state index in [0.717, 1.165) is 0 Å². The van der Waals surface area contributed by atoms with E-state index >= 15 is 0 Å². The molecular weight excluding hydrogens is 286 g/mol. The highest BCUT2D eigenvalue weighted by Crippen LogP contribution is 2.29. The van der Waals surface area contributed by atoms with Gasteiger partial charge in [0.05, 0.1) is 10.5 Å². The van der Waals surface area contributed by atoms with Crippen molar-refractivity contribution in [3.05, 3.63) is 17.7 Å². The van der Waals surface area contributed by atoms with Crippen molar-refractivity contribution in [2.24, 2.45) is 16.0 Å². The summed E-state index contributed by atoms with van der Waals surface area (Å²) < 4.78 is 44.5. The molecule has 0 aliphatic carbocycles. The Morgan fingerprint density at radius 2 is 1.56 bits per heavy atom. The van der Waals surface area contributed by atoms with E-state index < -0.39 is 47.1 Å². The average Bonchev–Trinajstić information content (AvgIpc) is 2.13. The molecule has 9 nitrogen and oxygen atoms in total. The number of hydrogen-bond acceptors (Lipinski definition) is 6. The van der Waals surface area contributed by atoms with Crippen LogP contribution < -0.4 is 16.0 Å². The van der Waals surface area contributed by atoms with Crippen LogP contribution in [0.15, 0.2) is 21.9 Å². The van der Waals surface area contributed by atoms with Gasteiger partial charge in [-0.1, -0.05) is 0 Å². The van der Waals surface area contributed by atoms with Crippen LogP contribution in [0.25, 0.3) is 0 Å². The van der Waals surface area contributed by atoms with Crippen LogP contribution in [0.3, 0.4) is 0 Å². The van der Waals surface area contributed by atoms with Crippen molar-refractivity contribution in [3.63, 3.8) is 0 Å². The van der Waals surface area contributed by atoms with Gasteiger partial charge in [-0.3, -0.25) is 4.79 Å². The molecule has 0 atom stereocenters. The van der Waals surface area contributed by atoms with Crippen molar-refractivity contribution in [2.75, 3.05) is 0 Å². The second-order valence-corrected chi connectivity index (χ2v) is 6.36. The predicted octanol–water partition coefficient (Wildman–Crippen LogP) is -2.21. The Labute approximate surface area is 102 Å². The summed E-state index contributed by atoms with van der Waals surface area (Å²) in [6.45, 7) is 0. The highest BCUT2D eigenvalue weighted by atomic mass is 32.2. The van der Waals surface area contributed by atoms with Crippen molar-refractivity contribution >= 4 is 26.0 Å². The number of primary amides is 1. The van der Waals surface area contributed by atoms with Gasteiger partial charge in [-0.05, 0) is 12.1 Å². The summed E-state index contributed by atoms with van der Waals surface area (Å²) in [5, 5.41) is 19.0. The third-order valence-corrected chi connectivity index (χ3v) is 3.77. The minimum Gasteiger partial charge on any atom is -0.506 e. The summed E-state index contributed by atoms with van der Waals surface area (Å²) in [7, 11) is -8.75. The molecule has 100 valence electrons. The van der Waals surface area contributed by atoms with Crippen LogP contribution in [-0.2, 0) is 20.0 Å². The molecule has 1 aromatic rings. The van der Waals surface area contributed by atoms with E-state index in [2.05, 4.69) is 0 Å². The van der Waals surface area contributed by atoms with Gasteiger partial charge in [-0.25, -0.2) is 27.1 Å². The van der Waals surface area contributed by atoms with Crippen molar-refractivity contribution < 1.29 is 26.7 Å². The molecule has 0 spiro atoms. The van der Waals surface area contributed by atoms with Crippen LogP contribution in [0.2, 0.25) is 0 Å². The zero-order chi connectivity index (χ0) is 14.3. The monoisotopic (exact) mass is 295 g/mol. The van der Waals surface area contributed by atoms with Crippen LogP contribution in [0.4, 0.5) is 0 Å². The molecule has 7 N–H and O–H groups in total. The molecule has 1 amide bonds. The molecule has 0 aromatic heterocycles. The van der Waals surface area contributed by atoms with Crippen LogP contribution in [-0.4, -0.2) is 27.8 Å². The lowest BCUT2D eigenvalue weighted by atomic mass is 10.2. The van der Waals surface area contributed by atoms with Crippen molar-refractivity contribution in [3.8, 4) is 5.75 Å². The fourth-order valence-corrected chi connectivity index (χ4v) is 2.46. The number of primary sulfonamides is 2. The zero-order valence-electron chi connectivity index (χ0n) is 8.69. The van der Waals surface area contributed by atoms with Crippen LogP contribution in [0.1, 0.15) is 10.4 Å². The fraction of sp³-hybridized carbons (Fsp3) is 0. The van der Waals surface area contributed by atoms with E-state index in [1.54, 1.807) is 0 Å². The Morgan fingerprint density at radius 3 is 1.89 bits per heavy atom. The van der Waals surface area contributed by atoms with Gasteiger partial charge in [0.1, 0.15) is 10.6 Å². The molecule has 18 heavy (non-hydrogen) atoms. The number of sulfonamides is 2. The van der Waals surface area contributed by atoms with Gasteiger partial charge in [0.25, 0.3) is 5.91 Å². The normalized spacial score (nSPS) is 12.3. The number of rotatable bonds is 3. The van der Waals surface area contributed by atoms with E-state index in [0.29, 0.717) is 12.1 Å². The first-order valence-corrected chi connectivity index (χ1v) is 7.26. The number of amides is 1. The lowest BCUT2D eigenvalue weighted by Gasteiger charge is -2.08. The highest BCUT2D eigenvalue weighted by Gasteiger charge is 2.24. The molecule has 0 saturated heterocycles. The number of carbonyl (C=O) groups excluding carboxylic acids is 1. The van der Waals surface area contributed by atoms with Gasteiger partial charge < -0.3 is 10.8 Å². The molecule has 0 bridgehead atoms. The molecule has 1 rings (SSSR count). The highest BCUT2D eigenvalue weighted by molar-refractivity contribution is 7.90. The smallest absolute Gasteiger partial charge is 0.252 e. The van der Waals surface area contributed by atoms with E-state index in [4.69, 9.17) is 16.0 Å². The van der Waals surface area contributed by atoms with Crippen molar-refractivity contribution in [1.82, 2.24) is 0 Å². The Balaban J connectivity index is 3.86. The summed E-state index contributed by atoms with van der Waals surface area (Å²) in [4.78, 5) is 9.31. The Bertz CT molecular complexity index is 722. The third-order valence-electron chi connectivity index (χ3n) is 1.95. The maximum atomic E-state index is 11.1. The quantitative estimate of drug-likeness (QED) is 0.489. The molecule has 0 aliphatic heterocycles. The van der Waals surface area contributed by atoms with Gasteiger partial charge in [-0.2, -0.15) is 0 Å². The Kier molecular flexibility index (Phi) is 3.36. The number of hydrogen-bond donors (Lipinski definition) is 4. The lowest BCUT2D eigenvalue weighted by molar-refractivity contribution is 0.0997. The molecule has 0 radical (unpaired) electrons. The van der Waals surface area contributed by atoms with Gasteiger partial charge in [0.2, 0.25) is 20.0 Å². The summed E-state index contributed by atoms with van der Waals surface area (Å²) in [6, 6.07) is 1.19. The number of nitrogens with two attached hydrogens (primary N) is 3. The van der Waals surface area contributed by atoms with Gasteiger partial charge >= 0.3 is 0 Å². The summed E-state index contributed by atoms with van der Waals surface area (Å²) in [6.07, 6.45) is 0. The number of carbonyl (C=O) groups is 1. The van der Waals surface area contributed by atoms with Gasteiger partial charge in [-0.15, -0.1) is 0 Å². The first-order chi connectivity index (χ1) is 7.94. The Hall–Kier alpha value is -1.69. The van der Waals surface area contributed by atoms with E-state index in [1.807, 2.05) is 0 Å². The SMILES string of the molecule is NC(=O)c1cc(S(N)(=O)=O)cc(S(N)(=O)=O)c1O.